The highest BCUT2D eigenvalue weighted by Crippen LogP contribution is 2.47. The Kier molecular flexibility index (Phi) is 3.48. The molecule has 1 aromatic rings. The average molecular weight is 321 g/mol. The molecule has 0 saturated heterocycles. The number of benzene rings is 1. The first-order valence-corrected chi connectivity index (χ1v) is 7.48. The van der Waals surface area contributed by atoms with Gasteiger partial charge in [-0.1, -0.05) is 17.8 Å². The van der Waals surface area contributed by atoms with Crippen LogP contribution in [0.4, 0.5) is 0 Å². The number of thioether (sulfide) groups is 1. The van der Waals surface area contributed by atoms with Crippen LogP contribution in [0.15, 0.2) is 23.3 Å². The largest absolute Gasteiger partial charge is 0.454 e. The van der Waals surface area contributed by atoms with Crippen LogP contribution in [-0.2, 0) is 14.5 Å². The Bertz CT molecular complexity index is 691. The van der Waals surface area contributed by atoms with Crippen LogP contribution in [0.2, 0.25) is 0 Å². The summed E-state index contributed by atoms with van der Waals surface area (Å²) in [5.41, 5.74) is 0.834. The Hall–Kier alpha value is -2.22. The smallest absolute Gasteiger partial charge is 0.241 e. The molecule has 2 heterocycles. The van der Waals surface area contributed by atoms with E-state index in [9.17, 15) is 9.59 Å². The van der Waals surface area contributed by atoms with Gasteiger partial charge in [0.1, 0.15) is 4.87 Å². The lowest BCUT2D eigenvalue weighted by molar-refractivity contribution is -0.131. The maximum Gasteiger partial charge on any atom is 0.241 e. The van der Waals surface area contributed by atoms with Crippen molar-refractivity contribution in [2.24, 2.45) is 5.10 Å². The van der Waals surface area contributed by atoms with Gasteiger partial charge in [-0.25, -0.2) is 5.01 Å². The van der Waals surface area contributed by atoms with Crippen LogP contribution < -0.4 is 14.8 Å². The van der Waals surface area contributed by atoms with Gasteiger partial charge in [-0.2, -0.15) is 0 Å². The van der Waals surface area contributed by atoms with E-state index in [4.69, 9.17) is 9.47 Å². The van der Waals surface area contributed by atoms with Gasteiger partial charge in [0.2, 0.25) is 18.6 Å². The Morgan fingerprint density at radius 2 is 2.05 bits per heavy atom. The molecule has 116 valence electrons. The fourth-order valence-electron chi connectivity index (χ4n) is 2.38. The van der Waals surface area contributed by atoms with E-state index in [1.807, 2.05) is 19.1 Å². The van der Waals surface area contributed by atoms with E-state index in [0.717, 1.165) is 5.56 Å². The molecule has 0 bridgehead atoms. The summed E-state index contributed by atoms with van der Waals surface area (Å²) in [7, 11) is 0. The number of fused-ring (bicyclic) bond motifs is 1. The Labute approximate surface area is 131 Å². The highest BCUT2D eigenvalue weighted by atomic mass is 32.2. The van der Waals surface area contributed by atoms with E-state index < -0.39 is 4.87 Å². The van der Waals surface area contributed by atoms with Gasteiger partial charge in [0.15, 0.2) is 16.7 Å². The summed E-state index contributed by atoms with van der Waals surface area (Å²) >= 11 is 1.30. The number of nitrogens with zero attached hydrogens (tertiary/aromatic N) is 2. The summed E-state index contributed by atoms with van der Waals surface area (Å²) in [5.74, 6) is 0.862. The zero-order chi connectivity index (χ0) is 15.9. The standard InChI is InChI=1S/C14H15N3O4S/c1-8(18)15-13-16-17(9(2)19)14(3,22-13)10-4-5-11-12(6-10)21-7-20-11/h4-6H,7H2,1-3H3,(H,15,16,18)/t14-/m1/s1. The molecule has 1 atom stereocenters. The van der Waals surface area contributed by atoms with Crippen molar-refractivity contribution in [3.63, 3.8) is 0 Å². The number of hydrazone groups is 1. The van der Waals surface area contributed by atoms with Crippen molar-refractivity contribution in [2.45, 2.75) is 25.6 Å². The summed E-state index contributed by atoms with van der Waals surface area (Å²) in [6.45, 7) is 4.89. The molecule has 22 heavy (non-hydrogen) atoms. The zero-order valence-corrected chi connectivity index (χ0v) is 13.2. The van der Waals surface area contributed by atoms with E-state index >= 15 is 0 Å². The van der Waals surface area contributed by atoms with Gasteiger partial charge < -0.3 is 14.8 Å². The number of carbonyl (C=O) groups excluding carboxylic acids is 2. The molecule has 2 aliphatic heterocycles. The number of rotatable bonds is 1. The Balaban J connectivity index is 1.97. The van der Waals surface area contributed by atoms with Crippen molar-refractivity contribution in [3.05, 3.63) is 23.8 Å². The topological polar surface area (TPSA) is 80.2 Å². The van der Waals surface area contributed by atoms with Crippen molar-refractivity contribution in [2.75, 3.05) is 6.79 Å². The Morgan fingerprint density at radius 3 is 2.73 bits per heavy atom. The minimum Gasteiger partial charge on any atom is -0.454 e. The van der Waals surface area contributed by atoms with Crippen LogP contribution in [0.5, 0.6) is 11.5 Å². The van der Waals surface area contributed by atoms with Gasteiger partial charge in [0.05, 0.1) is 0 Å². The van der Waals surface area contributed by atoms with Crippen LogP contribution in [0.3, 0.4) is 0 Å². The number of carbonyl (C=O) groups is 2. The normalized spacial score (nSPS) is 22.5. The molecule has 2 amide bonds. The average Bonchev–Trinajstić information content (AvgIpc) is 3.02. The third-order valence-corrected chi connectivity index (χ3v) is 4.56. The predicted molar refractivity (Wildman–Crippen MR) is 81.3 cm³/mol. The van der Waals surface area contributed by atoms with E-state index in [1.54, 1.807) is 6.07 Å². The maximum atomic E-state index is 11.9. The number of hydrogen-bond acceptors (Lipinski definition) is 6. The van der Waals surface area contributed by atoms with Crippen molar-refractivity contribution < 1.29 is 19.1 Å². The predicted octanol–water partition coefficient (Wildman–Crippen LogP) is 1.59. The lowest BCUT2D eigenvalue weighted by Gasteiger charge is -2.31. The molecule has 0 spiro atoms. The summed E-state index contributed by atoms with van der Waals surface area (Å²) in [4.78, 5) is 22.4. The van der Waals surface area contributed by atoms with E-state index in [2.05, 4.69) is 10.4 Å². The van der Waals surface area contributed by atoms with Gasteiger partial charge in [-0.3, -0.25) is 9.59 Å². The molecule has 0 fully saturated rings. The van der Waals surface area contributed by atoms with Gasteiger partial charge in [-0.05, 0) is 24.6 Å². The first-order chi connectivity index (χ1) is 10.4. The van der Waals surface area contributed by atoms with Gasteiger partial charge >= 0.3 is 0 Å². The molecule has 0 aliphatic carbocycles. The van der Waals surface area contributed by atoms with Crippen LogP contribution in [0, 0.1) is 0 Å². The molecule has 0 radical (unpaired) electrons. The quantitative estimate of drug-likeness (QED) is 0.849. The van der Waals surface area contributed by atoms with Crippen molar-refractivity contribution in [1.82, 2.24) is 10.3 Å². The van der Waals surface area contributed by atoms with Gasteiger partial charge in [0, 0.05) is 13.8 Å². The lowest BCUT2D eigenvalue weighted by Crippen LogP contribution is -2.37. The number of amidine groups is 1. The van der Waals surface area contributed by atoms with Crippen LogP contribution >= 0.6 is 11.8 Å². The molecule has 8 heteroatoms. The second-order valence-corrected chi connectivity index (χ2v) is 6.46. The SMILES string of the molecule is CC(=O)NC1=NN(C(C)=O)[C@@](C)(c2ccc3c(c2)OCO3)S1. The van der Waals surface area contributed by atoms with E-state index in [1.165, 1.54) is 30.6 Å². The van der Waals surface area contributed by atoms with Crippen LogP contribution in [-0.4, -0.2) is 28.8 Å². The maximum absolute atomic E-state index is 11.9. The fourth-order valence-corrected chi connectivity index (χ4v) is 3.57. The molecular weight excluding hydrogens is 306 g/mol. The van der Waals surface area contributed by atoms with Crippen LogP contribution in [0.25, 0.3) is 0 Å². The highest BCUT2D eigenvalue weighted by Gasteiger charge is 2.44. The van der Waals surface area contributed by atoms with Crippen LogP contribution in [0.1, 0.15) is 26.3 Å². The van der Waals surface area contributed by atoms with Crippen molar-refractivity contribution in [1.29, 1.82) is 0 Å². The van der Waals surface area contributed by atoms with E-state index in [0.29, 0.717) is 16.7 Å². The molecule has 0 aromatic heterocycles. The Morgan fingerprint density at radius 1 is 1.32 bits per heavy atom. The minimum atomic E-state index is -0.759. The molecule has 0 unspecified atom stereocenters. The molecule has 2 aliphatic rings. The van der Waals surface area contributed by atoms with Gasteiger partial charge in [0.25, 0.3) is 0 Å². The lowest BCUT2D eigenvalue weighted by atomic mass is 10.1. The number of hydrogen-bond donors (Lipinski definition) is 1. The molecular formula is C14H15N3O4S. The van der Waals surface area contributed by atoms with Gasteiger partial charge in [-0.15, -0.1) is 5.10 Å². The van der Waals surface area contributed by atoms with Crippen molar-refractivity contribution >= 4 is 28.7 Å². The fraction of sp³-hybridized carbons (Fsp3) is 0.357. The summed E-state index contributed by atoms with van der Waals surface area (Å²) in [6, 6.07) is 5.50. The molecule has 1 aromatic carbocycles. The molecule has 7 nitrogen and oxygen atoms in total. The molecule has 3 rings (SSSR count). The zero-order valence-electron chi connectivity index (χ0n) is 12.4. The first kappa shape index (κ1) is 14.7. The van der Waals surface area contributed by atoms with Crippen molar-refractivity contribution in [3.8, 4) is 11.5 Å². The monoisotopic (exact) mass is 321 g/mol. The minimum absolute atomic E-state index is 0.187. The third-order valence-electron chi connectivity index (χ3n) is 3.38. The molecule has 0 saturated carbocycles. The second-order valence-electron chi connectivity index (χ2n) is 5.07. The van der Waals surface area contributed by atoms with E-state index in [-0.39, 0.29) is 18.6 Å². The number of amides is 2. The summed E-state index contributed by atoms with van der Waals surface area (Å²) in [6.07, 6.45) is 0. The number of nitrogens with one attached hydrogen (secondary N) is 1. The number of ether oxygens (including phenoxy) is 2. The summed E-state index contributed by atoms with van der Waals surface area (Å²) < 4.78 is 10.7. The second kappa shape index (κ2) is 5.20. The highest BCUT2D eigenvalue weighted by molar-refractivity contribution is 8.14. The summed E-state index contributed by atoms with van der Waals surface area (Å²) in [5, 5.41) is 8.59. The molecule has 1 N–H and O–H groups in total. The third kappa shape index (κ3) is 2.39. The first-order valence-electron chi connectivity index (χ1n) is 6.66.